The molecule has 2 amide bonds. The van der Waals surface area contributed by atoms with Crippen LogP contribution in [0.1, 0.15) is 5.56 Å². The molecule has 1 aromatic carbocycles. The van der Waals surface area contributed by atoms with Crippen LogP contribution in [0, 0.1) is 5.41 Å². The van der Waals surface area contributed by atoms with Gasteiger partial charge in [-0.3, -0.25) is 10.3 Å². The maximum atomic E-state index is 11.3. The van der Waals surface area contributed by atoms with Gasteiger partial charge in [-0.2, -0.15) is 0 Å². The molecule has 5 heteroatoms. The van der Waals surface area contributed by atoms with E-state index in [0.717, 1.165) is 5.69 Å². The van der Waals surface area contributed by atoms with E-state index in [1.165, 1.54) is 4.90 Å². The Kier molecular flexibility index (Phi) is 3.28. The number of anilines is 1. The lowest BCUT2D eigenvalue weighted by molar-refractivity contribution is 0.249. The third kappa shape index (κ3) is 2.46. The van der Waals surface area contributed by atoms with Crippen LogP contribution in [0.2, 0.25) is 0 Å². The van der Waals surface area contributed by atoms with Crippen molar-refractivity contribution in [2.75, 3.05) is 19.0 Å². The van der Waals surface area contributed by atoms with Crippen LogP contribution in [0.15, 0.2) is 24.3 Å². The molecule has 1 aromatic rings. The van der Waals surface area contributed by atoms with Crippen molar-refractivity contribution in [2.24, 2.45) is 5.73 Å². The van der Waals surface area contributed by atoms with Gasteiger partial charge in [0.25, 0.3) is 0 Å². The summed E-state index contributed by atoms with van der Waals surface area (Å²) in [5.41, 5.74) is 6.71. The molecular weight excluding hydrogens is 192 g/mol. The Labute approximate surface area is 88.4 Å². The first kappa shape index (κ1) is 11.0. The van der Waals surface area contributed by atoms with E-state index in [4.69, 9.17) is 11.1 Å². The van der Waals surface area contributed by atoms with Crippen molar-refractivity contribution in [3.05, 3.63) is 29.8 Å². The Bertz CT molecular complexity index is 372. The third-order valence-corrected chi connectivity index (χ3v) is 2.08. The number of hydrogen-bond donors (Lipinski definition) is 3. The molecule has 1 rings (SSSR count). The summed E-state index contributed by atoms with van der Waals surface area (Å²) in [7, 11) is 3.24. The summed E-state index contributed by atoms with van der Waals surface area (Å²) in [4.78, 5) is 12.8. The highest BCUT2D eigenvalue weighted by atomic mass is 16.2. The number of nitrogens with one attached hydrogen (secondary N) is 2. The monoisotopic (exact) mass is 206 g/mol. The van der Waals surface area contributed by atoms with Crippen LogP contribution in [-0.4, -0.2) is 26.0 Å². The number of carbonyl (C=O) groups excluding carboxylic acids is 1. The van der Waals surface area contributed by atoms with Crippen LogP contribution in [0.4, 0.5) is 10.5 Å². The zero-order valence-electron chi connectivity index (χ0n) is 8.74. The maximum Gasteiger partial charge on any atom is 0.321 e. The van der Waals surface area contributed by atoms with Gasteiger partial charge < -0.3 is 11.1 Å². The normalized spacial score (nSPS) is 9.47. The number of nitrogen functional groups attached to an aromatic ring is 1. The van der Waals surface area contributed by atoms with Crippen LogP contribution in [0.3, 0.4) is 0 Å². The number of nitrogens with zero attached hydrogens (tertiary/aromatic N) is 1. The Morgan fingerprint density at radius 2 is 1.93 bits per heavy atom. The van der Waals surface area contributed by atoms with Crippen molar-refractivity contribution >= 4 is 17.6 Å². The van der Waals surface area contributed by atoms with Gasteiger partial charge in [0, 0.05) is 25.3 Å². The lowest BCUT2D eigenvalue weighted by Crippen LogP contribution is -2.34. The molecule has 0 bridgehead atoms. The van der Waals surface area contributed by atoms with E-state index in [2.05, 4.69) is 5.32 Å². The van der Waals surface area contributed by atoms with Gasteiger partial charge in [0.05, 0.1) is 0 Å². The fourth-order valence-electron chi connectivity index (χ4n) is 1.15. The van der Waals surface area contributed by atoms with Gasteiger partial charge in [0.1, 0.15) is 5.84 Å². The lowest BCUT2D eigenvalue weighted by atomic mass is 10.2. The number of amides is 2. The molecule has 0 radical (unpaired) electrons. The van der Waals surface area contributed by atoms with Gasteiger partial charge in [-0.25, -0.2) is 4.79 Å². The number of benzene rings is 1. The second-order valence-electron chi connectivity index (χ2n) is 3.07. The SMILES string of the molecule is CNC(=O)N(C)c1ccc(C(=N)N)cc1. The molecular formula is C10H14N4O. The number of urea groups is 1. The molecule has 5 nitrogen and oxygen atoms in total. The number of hydrogen-bond acceptors (Lipinski definition) is 2. The minimum Gasteiger partial charge on any atom is -0.384 e. The fourth-order valence-corrected chi connectivity index (χ4v) is 1.15. The highest BCUT2D eigenvalue weighted by molar-refractivity contribution is 5.96. The summed E-state index contributed by atoms with van der Waals surface area (Å²) >= 11 is 0. The minimum absolute atomic E-state index is 0.0177. The standard InChI is InChI=1S/C10H14N4O/c1-13-10(15)14(2)8-5-3-7(4-6-8)9(11)12/h3-6H,1-2H3,(H3,11,12)(H,13,15). The summed E-state index contributed by atoms with van der Waals surface area (Å²) in [5, 5.41) is 9.74. The second-order valence-corrected chi connectivity index (χ2v) is 3.07. The molecule has 0 aliphatic heterocycles. The molecule has 0 aromatic heterocycles. The molecule has 0 saturated heterocycles. The average Bonchev–Trinajstić information content (AvgIpc) is 2.27. The molecule has 15 heavy (non-hydrogen) atoms. The maximum absolute atomic E-state index is 11.3. The highest BCUT2D eigenvalue weighted by Crippen LogP contribution is 2.13. The van der Waals surface area contributed by atoms with E-state index in [9.17, 15) is 4.79 Å². The van der Waals surface area contributed by atoms with Gasteiger partial charge >= 0.3 is 6.03 Å². The van der Waals surface area contributed by atoms with Gasteiger partial charge in [0.15, 0.2) is 0 Å². The molecule has 0 saturated carbocycles. The van der Waals surface area contributed by atoms with E-state index in [1.807, 2.05) is 0 Å². The molecule has 0 unspecified atom stereocenters. The Hall–Kier alpha value is -2.04. The smallest absolute Gasteiger partial charge is 0.321 e. The molecule has 4 N–H and O–H groups in total. The first-order valence-corrected chi connectivity index (χ1v) is 4.46. The Balaban J connectivity index is 2.89. The van der Waals surface area contributed by atoms with Gasteiger partial charge in [-0.05, 0) is 24.3 Å². The summed E-state index contributed by atoms with van der Waals surface area (Å²) in [6.07, 6.45) is 0. The first-order chi connectivity index (χ1) is 7.06. The van der Waals surface area contributed by atoms with Crippen LogP contribution in [0.5, 0.6) is 0 Å². The minimum atomic E-state index is -0.189. The molecule has 0 spiro atoms. The molecule has 0 heterocycles. The third-order valence-electron chi connectivity index (χ3n) is 2.08. The topological polar surface area (TPSA) is 82.2 Å². The van der Waals surface area contributed by atoms with Crippen LogP contribution < -0.4 is 16.0 Å². The Morgan fingerprint density at radius 1 is 1.40 bits per heavy atom. The van der Waals surface area contributed by atoms with Crippen LogP contribution in [-0.2, 0) is 0 Å². The summed E-state index contributed by atoms with van der Waals surface area (Å²) in [5.74, 6) is 0.0177. The van der Waals surface area contributed by atoms with Crippen molar-refractivity contribution in [2.45, 2.75) is 0 Å². The van der Waals surface area contributed by atoms with E-state index in [1.54, 1.807) is 38.4 Å². The molecule has 0 atom stereocenters. The number of carbonyl (C=O) groups is 1. The van der Waals surface area contributed by atoms with Gasteiger partial charge in [0.2, 0.25) is 0 Å². The number of nitrogens with two attached hydrogens (primary N) is 1. The number of amidine groups is 1. The van der Waals surface area contributed by atoms with E-state index in [0.29, 0.717) is 5.56 Å². The first-order valence-electron chi connectivity index (χ1n) is 4.46. The van der Waals surface area contributed by atoms with Crippen LogP contribution >= 0.6 is 0 Å². The predicted molar refractivity (Wildman–Crippen MR) is 60.3 cm³/mol. The van der Waals surface area contributed by atoms with Crippen molar-refractivity contribution < 1.29 is 4.79 Å². The van der Waals surface area contributed by atoms with Crippen molar-refractivity contribution in [3.8, 4) is 0 Å². The van der Waals surface area contributed by atoms with Crippen LogP contribution in [0.25, 0.3) is 0 Å². The zero-order chi connectivity index (χ0) is 11.4. The fraction of sp³-hybridized carbons (Fsp3) is 0.200. The summed E-state index contributed by atoms with van der Waals surface area (Å²) in [6, 6.07) is 6.71. The largest absolute Gasteiger partial charge is 0.384 e. The van der Waals surface area contributed by atoms with Gasteiger partial charge in [-0.1, -0.05) is 0 Å². The Morgan fingerprint density at radius 3 is 2.33 bits per heavy atom. The summed E-state index contributed by atoms with van der Waals surface area (Å²) < 4.78 is 0. The van der Waals surface area contributed by atoms with E-state index >= 15 is 0 Å². The quantitative estimate of drug-likeness (QED) is 0.493. The van der Waals surface area contributed by atoms with Gasteiger partial charge in [-0.15, -0.1) is 0 Å². The summed E-state index contributed by atoms with van der Waals surface area (Å²) in [6.45, 7) is 0. The molecule has 80 valence electrons. The predicted octanol–water partition coefficient (Wildman–Crippen LogP) is 0.746. The van der Waals surface area contributed by atoms with Crippen molar-refractivity contribution in [1.29, 1.82) is 5.41 Å². The molecule has 0 fully saturated rings. The van der Waals surface area contributed by atoms with E-state index < -0.39 is 0 Å². The average molecular weight is 206 g/mol. The van der Waals surface area contributed by atoms with Crippen molar-refractivity contribution in [3.63, 3.8) is 0 Å². The highest BCUT2D eigenvalue weighted by Gasteiger charge is 2.08. The van der Waals surface area contributed by atoms with Crippen molar-refractivity contribution in [1.82, 2.24) is 5.32 Å². The number of rotatable bonds is 2. The zero-order valence-corrected chi connectivity index (χ0v) is 8.74. The van der Waals surface area contributed by atoms with E-state index in [-0.39, 0.29) is 11.9 Å². The molecule has 0 aliphatic carbocycles. The second kappa shape index (κ2) is 4.45. The molecule has 0 aliphatic rings. The lowest BCUT2D eigenvalue weighted by Gasteiger charge is -2.16.